The molecule has 0 atom stereocenters. The average Bonchev–Trinajstić information content (AvgIpc) is 2.85. The van der Waals surface area contributed by atoms with Gasteiger partial charge < -0.3 is 9.15 Å². The van der Waals surface area contributed by atoms with Gasteiger partial charge >= 0.3 is 5.97 Å². The molecule has 1 aromatic heterocycles. The quantitative estimate of drug-likeness (QED) is 0.768. The van der Waals surface area contributed by atoms with E-state index in [4.69, 9.17) is 9.15 Å². The van der Waals surface area contributed by atoms with Crippen LogP contribution in [0.15, 0.2) is 47.4 Å². The third-order valence-electron chi connectivity index (χ3n) is 2.51. The fourth-order valence-electron chi connectivity index (χ4n) is 1.57. The number of rotatable bonds is 4. The molecule has 1 aromatic carbocycles. The minimum Gasteiger partial charge on any atom is -0.461 e. The average molecular weight is 242 g/mol. The molecular formula is C15H14O3. The topological polar surface area (TPSA) is 39.4 Å². The maximum Gasteiger partial charge on any atom is 0.302 e. The van der Waals surface area contributed by atoms with E-state index >= 15 is 0 Å². The van der Waals surface area contributed by atoms with E-state index in [1.807, 2.05) is 36.4 Å². The van der Waals surface area contributed by atoms with Crippen LogP contribution in [0.5, 0.6) is 0 Å². The van der Waals surface area contributed by atoms with Crippen LogP contribution in [0.3, 0.4) is 0 Å². The van der Waals surface area contributed by atoms with Crippen molar-refractivity contribution in [1.82, 2.24) is 0 Å². The van der Waals surface area contributed by atoms with E-state index in [2.05, 4.69) is 6.58 Å². The third-order valence-corrected chi connectivity index (χ3v) is 2.51. The van der Waals surface area contributed by atoms with Crippen LogP contribution in [-0.4, -0.2) is 5.97 Å². The molecule has 3 nitrogen and oxygen atoms in total. The summed E-state index contributed by atoms with van der Waals surface area (Å²) < 4.78 is 10.5. The van der Waals surface area contributed by atoms with Crippen molar-refractivity contribution in [2.24, 2.45) is 0 Å². The van der Waals surface area contributed by atoms with Gasteiger partial charge in [-0.05, 0) is 23.8 Å². The molecule has 0 saturated carbocycles. The largest absolute Gasteiger partial charge is 0.461 e. The number of carbonyl (C=O) groups excluding carboxylic acids is 1. The number of ether oxygens (including phenoxy) is 1. The standard InChI is InChI=1S/C15H14O3/c1-3-14-8-9-15(18-14)13-6-4-12(5-7-13)10-17-11(2)16/h3-9H,1,10H2,2H3. The molecule has 0 N–H and O–H groups in total. The molecule has 0 aliphatic rings. The van der Waals surface area contributed by atoms with E-state index < -0.39 is 0 Å². The van der Waals surface area contributed by atoms with E-state index in [0.29, 0.717) is 6.61 Å². The van der Waals surface area contributed by atoms with Crippen molar-refractivity contribution in [3.05, 3.63) is 54.3 Å². The molecule has 0 bridgehead atoms. The first-order valence-electron chi connectivity index (χ1n) is 5.64. The zero-order chi connectivity index (χ0) is 13.0. The lowest BCUT2D eigenvalue weighted by molar-refractivity contribution is -0.142. The zero-order valence-corrected chi connectivity index (χ0v) is 10.2. The number of hydrogen-bond acceptors (Lipinski definition) is 3. The Kier molecular flexibility index (Phi) is 3.63. The second-order valence-corrected chi connectivity index (χ2v) is 3.88. The first-order chi connectivity index (χ1) is 8.69. The summed E-state index contributed by atoms with van der Waals surface area (Å²) in [4.78, 5) is 10.7. The van der Waals surface area contributed by atoms with Crippen LogP contribution in [0.2, 0.25) is 0 Å². The van der Waals surface area contributed by atoms with Gasteiger partial charge in [0.15, 0.2) is 0 Å². The minimum atomic E-state index is -0.277. The van der Waals surface area contributed by atoms with Crippen molar-refractivity contribution in [3.63, 3.8) is 0 Å². The Morgan fingerprint density at radius 2 is 2.00 bits per heavy atom. The molecule has 0 fully saturated rings. The third kappa shape index (κ3) is 2.88. The fourth-order valence-corrected chi connectivity index (χ4v) is 1.57. The lowest BCUT2D eigenvalue weighted by Crippen LogP contribution is -1.98. The highest BCUT2D eigenvalue weighted by molar-refractivity contribution is 5.66. The Labute approximate surface area is 106 Å². The minimum absolute atomic E-state index is 0.277. The van der Waals surface area contributed by atoms with Crippen LogP contribution < -0.4 is 0 Å². The van der Waals surface area contributed by atoms with Gasteiger partial charge in [-0.3, -0.25) is 4.79 Å². The molecular weight excluding hydrogens is 228 g/mol. The molecule has 2 aromatic rings. The Morgan fingerprint density at radius 3 is 2.56 bits per heavy atom. The molecule has 1 heterocycles. The monoisotopic (exact) mass is 242 g/mol. The summed E-state index contributed by atoms with van der Waals surface area (Å²) in [5.74, 6) is 1.26. The van der Waals surface area contributed by atoms with Crippen LogP contribution in [0.1, 0.15) is 18.2 Å². The summed E-state index contributed by atoms with van der Waals surface area (Å²) in [6.07, 6.45) is 1.67. The highest BCUT2D eigenvalue weighted by Crippen LogP contribution is 2.23. The second-order valence-electron chi connectivity index (χ2n) is 3.88. The van der Waals surface area contributed by atoms with E-state index in [9.17, 15) is 4.79 Å². The van der Waals surface area contributed by atoms with Crippen LogP contribution in [-0.2, 0) is 16.1 Å². The SMILES string of the molecule is C=Cc1ccc(-c2ccc(COC(C)=O)cc2)o1. The second kappa shape index (κ2) is 5.36. The van der Waals surface area contributed by atoms with E-state index in [1.165, 1.54) is 6.92 Å². The molecule has 0 aliphatic heterocycles. The first kappa shape index (κ1) is 12.2. The number of hydrogen-bond donors (Lipinski definition) is 0. The van der Waals surface area contributed by atoms with E-state index in [1.54, 1.807) is 6.08 Å². The van der Waals surface area contributed by atoms with Gasteiger partial charge in [-0.15, -0.1) is 0 Å². The van der Waals surface area contributed by atoms with Crippen LogP contribution in [0.4, 0.5) is 0 Å². The van der Waals surface area contributed by atoms with Gasteiger partial charge in [0.05, 0.1) is 0 Å². The van der Waals surface area contributed by atoms with Crippen molar-refractivity contribution >= 4 is 12.0 Å². The Balaban J connectivity index is 2.11. The van der Waals surface area contributed by atoms with Crippen molar-refractivity contribution < 1.29 is 13.9 Å². The summed E-state index contributed by atoms with van der Waals surface area (Å²) in [5.41, 5.74) is 1.93. The normalized spacial score (nSPS) is 10.1. The van der Waals surface area contributed by atoms with Crippen molar-refractivity contribution in [3.8, 4) is 11.3 Å². The van der Waals surface area contributed by atoms with E-state index in [0.717, 1.165) is 22.6 Å². The molecule has 0 amide bonds. The summed E-state index contributed by atoms with van der Waals surface area (Å²) in [6, 6.07) is 11.5. The van der Waals surface area contributed by atoms with Crippen molar-refractivity contribution in [2.75, 3.05) is 0 Å². The summed E-state index contributed by atoms with van der Waals surface area (Å²) in [6.45, 7) is 5.34. The van der Waals surface area contributed by atoms with Gasteiger partial charge in [-0.25, -0.2) is 0 Å². The van der Waals surface area contributed by atoms with Gasteiger partial charge in [-0.1, -0.05) is 30.8 Å². The molecule has 2 rings (SSSR count). The van der Waals surface area contributed by atoms with Gasteiger partial charge in [-0.2, -0.15) is 0 Å². The molecule has 92 valence electrons. The predicted octanol–water partition coefficient (Wildman–Crippen LogP) is 3.65. The van der Waals surface area contributed by atoms with Crippen LogP contribution in [0, 0.1) is 0 Å². The molecule has 0 saturated heterocycles. The number of carbonyl (C=O) groups is 1. The Hall–Kier alpha value is -2.29. The van der Waals surface area contributed by atoms with Gasteiger partial charge in [0.2, 0.25) is 0 Å². The smallest absolute Gasteiger partial charge is 0.302 e. The predicted molar refractivity (Wildman–Crippen MR) is 69.7 cm³/mol. The van der Waals surface area contributed by atoms with Crippen LogP contribution >= 0.6 is 0 Å². The van der Waals surface area contributed by atoms with Crippen molar-refractivity contribution in [2.45, 2.75) is 13.5 Å². The highest BCUT2D eigenvalue weighted by Gasteiger charge is 2.03. The fraction of sp³-hybridized carbons (Fsp3) is 0.133. The number of esters is 1. The maximum absolute atomic E-state index is 10.7. The lowest BCUT2D eigenvalue weighted by atomic mass is 10.1. The van der Waals surface area contributed by atoms with Gasteiger partial charge in [0.1, 0.15) is 18.1 Å². The Morgan fingerprint density at radius 1 is 1.28 bits per heavy atom. The maximum atomic E-state index is 10.7. The molecule has 0 spiro atoms. The van der Waals surface area contributed by atoms with Gasteiger partial charge in [0, 0.05) is 12.5 Å². The number of furan rings is 1. The summed E-state index contributed by atoms with van der Waals surface area (Å²) in [7, 11) is 0. The lowest BCUT2D eigenvalue weighted by Gasteiger charge is -2.03. The zero-order valence-electron chi connectivity index (χ0n) is 10.2. The van der Waals surface area contributed by atoms with Crippen LogP contribution in [0.25, 0.3) is 17.4 Å². The molecule has 0 radical (unpaired) electrons. The van der Waals surface area contributed by atoms with Crippen molar-refractivity contribution in [1.29, 1.82) is 0 Å². The Bertz CT molecular complexity index is 549. The molecule has 0 unspecified atom stereocenters. The summed E-state index contributed by atoms with van der Waals surface area (Å²) >= 11 is 0. The highest BCUT2D eigenvalue weighted by atomic mass is 16.5. The molecule has 3 heteroatoms. The number of benzene rings is 1. The molecule has 18 heavy (non-hydrogen) atoms. The molecule has 0 aliphatic carbocycles. The summed E-state index contributed by atoms with van der Waals surface area (Å²) in [5, 5.41) is 0. The first-order valence-corrected chi connectivity index (χ1v) is 5.64. The van der Waals surface area contributed by atoms with Gasteiger partial charge in [0.25, 0.3) is 0 Å². The van der Waals surface area contributed by atoms with E-state index in [-0.39, 0.29) is 5.97 Å².